The highest BCUT2D eigenvalue weighted by molar-refractivity contribution is 5.35. The lowest BCUT2D eigenvalue weighted by atomic mass is 9.98. The van der Waals surface area contributed by atoms with Gasteiger partial charge in [-0.05, 0) is 24.0 Å². The van der Waals surface area contributed by atoms with Crippen LogP contribution in [0.3, 0.4) is 0 Å². The summed E-state index contributed by atoms with van der Waals surface area (Å²) in [6.07, 6.45) is 1.14. The summed E-state index contributed by atoms with van der Waals surface area (Å²) in [6, 6.07) is 8.41. The first-order valence-electron chi connectivity index (χ1n) is 7.33. The van der Waals surface area contributed by atoms with E-state index in [0.29, 0.717) is 5.92 Å². The Balaban J connectivity index is 1.84. The maximum Gasteiger partial charge on any atom is 0.122 e. The van der Waals surface area contributed by atoms with Crippen LogP contribution in [0.25, 0.3) is 0 Å². The molecule has 1 aliphatic rings. The molecule has 106 valence electrons. The Labute approximate surface area is 116 Å². The summed E-state index contributed by atoms with van der Waals surface area (Å²) in [5.74, 6) is 1.60. The zero-order chi connectivity index (χ0) is 13.5. The van der Waals surface area contributed by atoms with Gasteiger partial charge >= 0.3 is 0 Å². The van der Waals surface area contributed by atoms with Gasteiger partial charge in [0.15, 0.2) is 0 Å². The van der Waals surface area contributed by atoms with Crippen LogP contribution in [0.4, 0.5) is 0 Å². The Bertz CT molecular complexity index is 375. The quantitative estimate of drug-likeness (QED) is 0.787. The molecule has 0 aromatic heterocycles. The fourth-order valence-electron chi connectivity index (χ4n) is 2.35. The fraction of sp³-hybridized carbons (Fsp3) is 0.625. The second kappa shape index (κ2) is 7.51. The minimum absolute atomic E-state index is 0.555. The molecule has 1 heterocycles. The molecule has 2 rings (SSSR count). The molecule has 0 bridgehead atoms. The van der Waals surface area contributed by atoms with Crippen LogP contribution in [0.15, 0.2) is 24.3 Å². The summed E-state index contributed by atoms with van der Waals surface area (Å²) < 4.78 is 11.3. The molecule has 1 fully saturated rings. The Kier molecular flexibility index (Phi) is 5.67. The molecule has 3 heteroatoms. The van der Waals surface area contributed by atoms with Gasteiger partial charge in [0.1, 0.15) is 12.4 Å². The molecule has 1 aromatic carbocycles. The van der Waals surface area contributed by atoms with Crippen molar-refractivity contribution in [2.75, 3.05) is 39.5 Å². The molecule has 1 aliphatic heterocycles. The van der Waals surface area contributed by atoms with E-state index >= 15 is 0 Å². The first kappa shape index (κ1) is 14.4. The predicted octanol–water partition coefficient (Wildman–Crippen LogP) is 2.91. The lowest BCUT2D eigenvalue weighted by Gasteiger charge is -2.26. The molecule has 0 aliphatic carbocycles. The van der Waals surface area contributed by atoms with E-state index in [1.165, 1.54) is 5.56 Å². The van der Waals surface area contributed by atoms with Crippen LogP contribution in [0, 0.1) is 0 Å². The van der Waals surface area contributed by atoms with Crippen LogP contribution in [-0.2, 0) is 4.74 Å². The van der Waals surface area contributed by atoms with Gasteiger partial charge in [-0.15, -0.1) is 0 Å². The minimum Gasteiger partial charge on any atom is -0.492 e. The summed E-state index contributed by atoms with van der Waals surface area (Å²) >= 11 is 0. The smallest absolute Gasteiger partial charge is 0.122 e. The standard InChI is InChI=1S/C16H25NO2/c1-3-14(2)15-6-4-5-7-16(15)19-13-10-17-8-11-18-12-9-17/h4-7,14H,3,8-13H2,1-2H3/t14-/m0/s1. The molecular weight excluding hydrogens is 238 g/mol. The van der Waals surface area contributed by atoms with E-state index in [4.69, 9.17) is 9.47 Å². The van der Waals surface area contributed by atoms with E-state index in [1.54, 1.807) is 0 Å². The maximum absolute atomic E-state index is 5.98. The van der Waals surface area contributed by atoms with Gasteiger partial charge in [0.05, 0.1) is 13.2 Å². The van der Waals surface area contributed by atoms with E-state index in [9.17, 15) is 0 Å². The fourth-order valence-corrected chi connectivity index (χ4v) is 2.35. The van der Waals surface area contributed by atoms with Gasteiger partial charge in [0.2, 0.25) is 0 Å². The van der Waals surface area contributed by atoms with Crippen molar-refractivity contribution in [1.82, 2.24) is 4.90 Å². The largest absolute Gasteiger partial charge is 0.492 e. The first-order chi connectivity index (χ1) is 9.31. The zero-order valence-corrected chi connectivity index (χ0v) is 12.1. The highest BCUT2D eigenvalue weighted by Crippen LogP contribution is 2.28. The summed E-state index contributed by atoms with van der Waals surface area (Å²) in [4.78, 5) is 2.40. The normalized spacial score (nSPS) is 18.2. The minimum atomic E-state index is 0.555. The third-order valence-electron chi connectivity index (χ3n) is 3.83. The second-order valence-electron chi connectivity index (χ2n) is 5.15. The predicted molar refractivity (Wildman–Crippen MR) is 77.9 cm³/mol. The first-order valence-corrected chi connectivity index (χ1v) is 7.33. The van der Waals surface area contributed by atoms with Gasteiger partial charge in [0, 0.05) is 19.6 Å². The van der Waals surface area contributed by atoms with Crippen molar-refractivity contribution < 1.29 is 9.47 Å². The number of benzene rings is 1. The van der Waals surface area contributed by atoms with E-state index in [-0.39, 0.29) is 0 Å². The summed E-state index contributed by atoms with van der Waals surface area (Å²) in [5.41, 5.74) is 1.33. The Morgan fingerprint density at radius 3 is 2.74 bits per heavy atom. The molecule has 3 nitrogen and oxygen atoms in total. The Hall–Kier alpha value is -1.06. The monoisotopic (exact) mass is 263 g/mol. The van der Waals surface area contributed by atoms with E-state index in [0.717, 1.165) is 51.6 Å². The van der Waals surface area contributed by atoms with Crippen LogP contribution in [0.5, 0.6) is 5.75 Å². The van der Waals surface area contributed by atoms with Gasteiger partial charge in [0.25, 0.3) is 0 Å². The van der Waals surface area contributed by atoms with Crippen molar-refractivity contribution in [1.29, 1.82) is 0 Å². The molecule has 1 aromatic rings. The van der Waals surface area contributed by atoms with Crippen LogP contribution < -0.4 is 4.74 Å². The highest BCUT2D eigenvalue weighted by Gasteiger charge is 2.12. The van der Waals surface area contributed by atoms with Gasteiger partial charge in [-0.25, -0.2) is 0 Å². The third-order valence-corrected chi connectivity index (χ3v) is 3.83. The summed E-state index contributed by atoms with van der Waals surface area (Å²) in [6.45, 7) is 9.96. The SMILES string of the molecule is CC[C@H](C)c1ccccc1OCCN1CCOCC1. The molecular formula is C16H25NO2. The lowest BCUT2D eigenvalue weighted by molar-refractivity contribution is 0.0322. The van der Waals surface area contributed by atoms with Crippen molar-refractivity contribution in [3.05, 3.63) is 29.8 Å². The molecule has 0 saturated carbocycles. The zero-order valence-electron chi connectivity index (χ0n) is 12.1. The van der Waals surface area contributed by atoms with Crippen LogP contribution in [0.2, 0.25) is 0 Å². The molecule has 0 spiro atoms. The molecule has 1 saturated heterocycles. The Morgan fingerprint density at radius 1 is 1.26 bits per heavy atom. The molecule has 0 N–H and O–H groups in total. The van der Waals surface area contributed by atoms with E-state index < -0.39 is 0 Å². The van der Waals surface area contributed by atoms with E-state index in [2.05, 4.69) is 43.0 Å². The number of ether oxygens (including phenoxy) is 2. The Morgan fingerprint density at radius 2 is 2.00 bits per heavy atom. The molecule has 19 heavy (non-hydrogen) atoms. The molecule has 0 radical (unpaired) electrons. The van der Waals surface area contributed by atoms with Crippen LogP contribution in [-0.4, -0.2) is 44.4 Å². The average molecular weight is 263 g/mol. The number of nitrogens with zero attached hydrogens (tertiary/aromatic N) is 1. The summed E-state index contributed by atoms with van der Waals surface area (Å²) in [7, 11) is 0. The third kappa shape index (κ3) is 4.22. The number of para-hydroxylation sites is 1. The average Bonchev–Trinajstić information content (AvgIpc) is 2.48. The maximum atomic E-state index is 5.98. The number of hydrogen-bond acceptors (Lipinski definition) is 3. The van der Waals surface area contributed by atoms with Crippen molar-refractivity contribution in [2.45, 2.75) is 26.2 Å². The molecule has 0 unspecified atom stereocenters. The summed E-state index contributed by atoms with van der Waals surface area (Å²) in [5, 5.41) is 0. The van der Waals surface area contributed by atoms with Crippen molar-refractivity contribution in [3.63, 3.8) is 0 Å². The van der Waals surface area contributed by atoms with Gasteiger partial charge < -0.3 is 9.47 Å². The van der Waals surface area contributed by atoms with Gasteiger partial charge in [-0.3, -0.25) is 4.90 Å². The van der Waals surface area contributed by atoms with Crippen molar-refractivity contribution in [2.24, 2.45) is 0 Å². The molecule has 0 amide bonds. The van der Waals surface area contributed by atoms with Crippen LogP contribution >= 0.6 is 0 Å². The lowest BCUT2D eigenvalue weighted by Crippen LogP contribution is -2.38. The van der Waals surface area contributed by atoms with Crippen LogP contribution in [0.1, 0.15) is 31.7 Å². The van der Waals surface area contributed by atoms with Crippen molar-refractivity contribution >= 4 is 0 Å². The van der Waals surface area contributed by atoms with Crippen molar-refractivity contribution in [3.8, 4) is 5.75 Å². The van der Waals surface area contributed by atoms with Gasteiger partial charge in [-0.2, -0.15) is 0 Å². The van der Waals surface area contributed by atoms with E-state index in [1.807, 2.05) is 0 Å². The van der Waals surface area contributed by atoms with Gasteiger partial charge in [-0.1, -0.05) is 32.0 Å². The highest BCUT2D eigenvalue weighted by atomic mass is 16.5. The number of rotatable bonds is 6. The number of hydrogen-bond donors (Lipinski definition) is 0. The molecule has 1 atom stereocenters. The second-order valence-corrected chi connectivity index (χ2v) is 5.15. The number of morpholine rings is 1. The topological polar surface area (TPSA) is 21.7 Å².